The fourth-order valence-corrected chi connectivity index (χ4v) is 3.58. The van der Waals surface area contributed by atoms with Crippen molar-refractivity contribution in [2.75, 3.05) is 6.54 Å². The molecule has 1 saturated carbocycles. The molecule has 20 heavy (non-hydrogen) atoms. The predicted octanol–water partition coefficient (Wildman–Crippen LogP) is 3.52. The highest BCUT2D eigenvalue weighted by Gasteiger charge is 2.38. The second kappa shape index (κ2) is 5.87. The number of rotatable bonds is 5. The molecule has 2 aliphatic rings. The summed E-state index contributed by atoms with van der Waals surface area (Å²) in [5, 5.41) is 3.83. The Labute approximate surface area is 123 Å². The van der Waals surface area contributed by atoms with E-state index in [9.17, 15) is 0 Å². The first-order chi connectivity index (χ1) is 9.67. The molecule has 1 heterocycles. The van der Waals surface area contributed by atoms with Gasteiger partial charge in [-0.2, -0.15) is 0 Å². The third kappa shape index (κ3) is 3.07. The molecular formula is C18H28N2. The molecule has 0 spiro atoms. The van der Waals surface area contributed by atoms with Crippen LogP contribution in [0.25, 0.3) is 0 Å². The highest BCUT2D eigenvalue weighted by Crippen LogP contribution is 2.33. The quantitative estimate of drug-likeness (QED) is 0.882. The first kappa shape index (κ1) is 14.1. The molecule has 0 aromatic heterocycles. The summed E-state index contributed by atoms with van der Waals surface area (Å²) in [5.74, 6) is 0. The molecule has 3 unspecified atom stereocenters. The van der Waals surface area contributed by atoms with Crippen LogP contribution >= 0.6 is 0 Å². The van der Waals surface area contributed by atoms with Crippen molar-refractivity contribution < 1.29 is 0 Å². The summed E-state index contributed by atoms with van der Waals surface area (Å²) in [7, 11) is 0. The van der Waals surface area contributed by atoms with Crippen LogP contribution in [0.5, 0.6) is 0 Å². The standard InChI is InChI=1S/C18H28N2/c1-4-15-5-7-16(8-6-15)14(3)19-17-11-13(2)20(12-17)18-9-10-18/h5-8,13-14,17-19H,4,9-12H2,1-3H3. The first-order valence-electron chi connectivity index (χ1n) is 8.28. The van der Waals surface area contributed by atoms with Gasteiger partial charge in [-0.05, 0) is 50.7 Å². The SMILES string of the molecule is CCc1ccc(C(C)NC2CC(C)N(C3CC3)C2)cc1. The zero-order chi connectivity index (χ0) is 14.1. The van der Waals surface area contributed by atoms with Gasteiger partial charge in [0.2, 0.25) is 0 Å². The zero-order valence-electron chi connectivity index (χ0n) is 13.1. The Kier molecular flexibility index (Phi) is 4.13. The Morgan fingerprint density at radius 3 is 2.55 bits per heavy atom. The van der Waals surface area contributed by atoms with Crippen LogP contribution in [0.15, 0.2) is 24.3 Å². The minimum absolute atomic E-state index is 0.456. The lowest BCUT2D eigenvalue weighted by Gasteiger charge is -2.21. The van der Waals surface area contributed by atoms with Gasteiger partial charge in [-0.3, -0.25) is 4.90 Å². The predicted molar refractivity (Wildman–Crippen MR) is 85.0 cm³/mol. The van der Waals surface area contributed by atoms with E-state index in [0.717, 1.165) is 18.5 Å². The highest BCUT2D eigenvalue weighted by molar-refractivity contribution is 5.24. The molecular weight excluding hydrogens is 244 g/mol. The molecule has 1 aromatic rings. The van der Waals surface area contributed by atoms with Gasteiger partial charge < -0.3 is 5.32 Å². The number of hydrogen-bond acceptors (Lipinski definition) is 2. The molecule has 1 aliphatic heterocycles. The van der Waals surface area contributed by atoms with Crippen molar-refractivity contribution in [1.82, 2.24) is 10.2 Å². The van der Waals surface area contributed by atoms with E-state index in [4.69, 9.17) is 0 Å². The second-order valence-electron chi connectivity index (χ2n) is 6.69. The minimum atomic E-state index is 0.456. The van der Waals surface area contributed by atoms with Crippen molar-refractivity contribution in [3.05, 3.63) is 35.4 Å². The van der Waals surface area contributed by atoms with E-state index in [-0.39, 0.29) is 0 Å². The maximum Gasteiger partial charge on any atom is 0.0294 e. The van der Waals surface area contributed by atoms with E-state index in [2.05, 4.69) is 55.3 Å². The van der Waals surface area contributed by atoms with Gasteiger partial charge >= 0.3 is 0 Å². The van der Waals surface area contributed by atoms with E-state index in [1.807, 2.05) is 0 Å². The number of aryl methyl sites for hydroxylation is 1. The summed E-state index contributed by atoms with van der Waals surface area (Å²) in [4.78, 5) is 2.71. The van der Waals surface area contributed by atoms with Crippen LogP contribution in [0.4, 0.5) is 0 Å². The van der Waals surface area contributed by atoms with Gasteiger partial charge in [0.05, 0.1) is 0 Å². The van der Waals surface area contributed by atoms with Gasteiger partial charge in [-0.15, -0.1) is 0 Å². The van der Waals surface area contributed by atoms with Crippen molar-refractivity contribution in [3.63, 3.8) is 0 Å². The molecule has 0 radical (unpaired) electrons. The number of benzene rings is 1. The van der Waals surface area contributed by atoms with Crippen molar-refractivity contribution >= 4 is 0 Å². The molecule has 3 atom stereocenters. The lowest BCUT2D eigenvalue weighted by atomic mass is 10.0. The largest absolute Gasteiger partial charge is 0.306 e. The molecule has 0 amide bonds. The minimum Gasteiger partial charge on any atom is -0.306 e. The summed E-state index contributed by atoms with van der Waals surface area (Å²) in [5.41, 5.74) is 2.84. The number of likely N-dealkylation sites (tertiary alicyclic amines) is 1. The van der Waals surface area contributed by atoms with Crippen molar-refractivity contribution in [1.29, 1.82) is 0 Å². The van der Waals surface area contributed by atoms with Crippen LogP contribution in [0.3, 0.4) is 0 Å². The van der Waals surface area contributed by atoms with Crippen molar-refractivity contribution in [3.8, 4) is 0 Å². The normalized spacial score (nSPS) is 28.8. The van der Waals surface area contributed by atoms with Gasteiger partial charge in [-0.1, -0.05) is 31.2 Å². The van der Waals surface area contributed by atoms with Crippen LogP contribution in [0, 0.1) is 0 Å². The van der Waals surface area contributed by atoms with Crippen molar-refractivity contribution in [2.24, 2.45) is 0 Å². The molecule has 1 aliphatic carbocycles. The maximum absolute atomic E-state index is 3.83. The molecule has 2 nitrogen and oxygen atoms in total. The van der Waals surface area contributed by atoms with Crippen LogP contribution in [-0.2, 0) is 6.42 Å². The van der Waals surface area contributed by atoms with Crippen LogP contribution in [0.1, 0.15) is 57.2 Å². The topological polar surface area (TPSA) is 15.3 Å². The molecule has 1 saturated heterocycles. The fourth-order valence-electron chi connectivity index (χ4n) is 3.58. The molecule has 2 fully saturated rings. The van der Waals surface area contributed by atoms with Crippen LogP contribution in [-0.4, -0.2) is 29.6 Å². The summed E-state index contributed by atoms with van der Waals surface area (Å²) in [6.07, 6.45) is 5.27. The smallest absolute Gasteiger partial charge is 0.0294 e. The van der Waals surface area contributed by atoms with Gasteiger partial charge in [-0.25, -0.2) is 0 Å². The van der Waals surface area contributed by atoms with Gasteiger partial charge in [0.25, 0.3) is 0 Å². The Bertz CT molecular complexity index is 435. The Morgan fingerprint density at radius 1 is 1.25 bits per heavy atom. The number of nitrogens with one attached hydrogen (secondary N) is 1. The summed E-state index contributed by atoms with van der Waals surface area (Å²) in [6, 6.07) is 11.9. The third-order valence-electron chi connectivity index (χ3n) is 5.01. The fraction of sp³-hybridized carbons (Fsp3) is 0.667. The second-order valence-corrected chi connectivity index (χ2v) is 6.69. The summed E-state index contributed by atoms with van der Waals surface area (Å²) < 4.78 is 0. The Balaban J connectivity index is 1.56. The Morgan fingerprint density at radius 2 is 1.95 bits per heavy atom. The summed E-state index contributed by atoms with van der Waals surface area (Å²) >= 11 is 0. The lowest BCUT2D eigenvalue weighted by Crippen LogP contribution is -2.35. The van der Waals surface area contributed by atoms with Gasteiger partial charge in [0, 0.05) is 30.7 Å². The number of nitrogens with zero attached hydrogens (tertiary/aromatic N) is 1. The average Bonchev–Trinajstić information content (AvgIpc) is 3.23. The molecule has 3 rings (SSSR count). The Hall–Kier alpha value is -0.860. The average molecular weight is 272 g/mol. The van der Waals surface area contributed by atoms with Gasteiger partial charge in [0.15, 0.2) is 0 Å². The van der Waals surface area contributed by atoms with Crippen molar-refractivity contribution in [2.45, 2.75) is 70.6 Å². The lowest BCUT2D eigenvalue weighted by molar-refractivity contribution is 0.254. The van der Waals surface area contributed by atoms with E-state index in [1.165, 1.54) is 36.9 Å². The summed E-state index contributed by atoms with van der Waals surface area (Å²) in [6.45, 7) is 8.14. The first-order valence-corrected chi connectivity index (χ1v) is 8.28. The zero-order valence-corrected chi connectivity index (χ0v) is 13.1. The molecule has 1 N–H and O–H groups in total. The van der Waals surface area contributed by atoms with E-state index in [0.29, 0.717) is 12.1 Å². The molecule has 1 aromatic carbocycles. The monoisotopic (exact) mass is 272 g/mol. The molecule has 110 valence electrons. The molecule has 0 bridgehead atoms. The van der Waals surface area contributed by atoms with E-state index >= 15 is 0 Å². The third-order valence-corrected chi connectivity index (χ3v) is 5.01. The van der Waals surface area contributed by atoms with Crippen LogP contribution in [0.2, 0.25) is 0 Å². The maximum atomic E-state index is 3.83. The van der Waals surface area contributed by atoms with Crippen LogP contribution < -0.4 is 5.32 Å². The molecule has 2 heteroatoms. The van der Waals surface area contributed by atoms with E-state index in [1.54, 1.807) is 0 Å². The van der Waals surface area contributed by atoms with E-state index < -0.39 is 0 Å². The van der Waals surface area contributed by atoms with Gasteiger partial charge in [0.1, 0.15) is 0 Å². The number of hydrogen-bond donors (Lipinski definition) is 1. The highest BCUT2D eigenvalue weighted by atomic mass is 15.3.